The molecule has 17 heavy (non-hydrogen) atoms. The van der Waals surface area contributed by atoms with Gasteiger partial charge in [0.1, 0.15) is 0 Å². The van der Waals surface area contributed by atoms with Gasteiger partial charge in [-0.25, -0.2) is 0 Å². The molecule has 4 nitrogen and oxygen atoms in total. The van der Waals surface area contributed by atoms with Gasteiger partial charge in [0.2, 0.25) is 0 Å². The molecule has 0 aliphatic rings. The first-order valence-electron chi connectivity index (χ1n) is 5.25. The standard InChI is InChI=1S/C13H9N3O/c14-8-10-1-2-13-11(7-10)4-6-16(13)9-12-3-5-15-17-12/h1-7H,9H2. The Morgan fingerprint density at radius 3 is 3.00 bits per heavy atom. The highest BCUT2D eigenvalue weighted by Crippen LogP contribution is 2.18. The molecule has 3 aromatic rings. The third-order valence-corrected chi connectivity index (χ3v) is 2.72. The van der Waals surface area contributed by atoms with Crippen molar-refractivity contribution in [2.24, 2.45) is 0 Å². The van der Waals surface area contributed by atoms with Crippen molar-refractivity contribution in [2.75, 3.05) is 0 Å². The summed E-state index contributed by atoms with van der Waals surface area (Å²) in [5.41, 5.74) is 1.76. The summed E-state index contributed by atoms with van der Waals surface area (Å²) < 4.78 is 7.14. The zero-order valence-corrected chi connectivity index (χ0v) is 9.00. The van der Waals surface area contributed by atoms with Gasteiger partial charge in [0.25, 0.3) is 0 Å². The van der Waals surface area contributed by atoms with Crippen molar-refractivity contribution in [1.82, 2.24) is 9.72 Å². The van der Waals surface area contributed by atoms with Crippen LogP contribution in [0.15, 0.2) is 47.2 Å². The lowest BCUT2D eigenvalue weighted by molar-refractivity contribution is 0.378. The molecular formula is C13H9N3O. The van der Waals surface area contributed by atoms with Gasteiger partial charge >= 0.3 is 0 Å². The minimum absolute atomic E-state index is 0.648. The second-order valence-electron chi connectivity index (χ2n) is 3.81. The summed E-state index contributed by atoms with van der Waals surface area (Å²) in [6.45, 7) is 0.648. The van der Waals surface area contributed by atoms with Gasteiger partial charge in [-0.3, -0.25) is 0 Å². The fourth-order valence-corrected chi connectivity index (χ4v) is 1.90. The number of nitriles is 1. The summed E-state index contributed by atoms with van der Waals surface area (Å²) in [6.07, 6.45) is 3.61. The molecule has 0 atom stereocenters. The maximum Gasteiger partial charge on any atom is 0.156 e. The second kappa shape index (κ2) is 3.80. The SMILES string of the molecule is N#Cc1ccc2c(ccn2Cc2ccno2)c1. The van der Waals surface area contributed by atoms with Crippen molar-refractivity contribution in [3.8, 4) is 6.07 Å². The van der Waals surface area contributed by atoms with Crippen molar-refractivity contribution in [3.05, 3.63) is 54.0 Å². The summed E-state index contributed by atoms with van der Waals surface area (Å²) in [5, 5.41) is 13.6. The quantitative estimate of drug-likeness (QED) is 0.670. The summed E-state index contributed by atoms with van der Waals surface area (Å²) in [4.78, 5) is 0. The molecule has 0 saturated heterocycles. The van der Waals surface area contributed by atoms with E-state index < -0.39 is 0 Å². The molecule has 0 saturated carbocycles. The summed E-state index contributed by atoms with van der Waals surface area (Å²) in [6, 6.07) is 11.6. The van der Waals surface area contributed by atoms with E-state index in [-0.39, 0.29) is 0 Å². The Kier molecular flexibility index (Phi) is 2.16. The average molecular weight is 223 g/mol. The van der Waals surface area contributed by atoms with Crippen LogP contribution in [-0.2, 0) is 6.54 Å². The summed E-state index contributed by atoms with van der Waals surface area (Å²) >= 11 is 0. The van der Waals surface area contributed by atoms with Gasteiger partial charge in [0.05, 0.1) is 24.4 Å². The van der Waals surface area contributed by atoms with Crippen molar-refractivity contribution >= 4 is 10.9 Å². The van der Waals surface area contributed by atoms with Crippen LogP contribution in [0.2, 0.25) is 0 Å². The van der Waals surface area contributed by atoms with E-state index in [0.29, 0.717) is 12.1 Å². The lowest BCUT2D eigenvalue weighted by atomic mass is 10.2. The average Bonchev–Trinajstić information content (AvgIpc) is 2.99. The van der Waals surface area contributed by atoms with Gasteiger partial charge in [0, 0.05) is 23.2 Å². The molecule has 0 unspecified atom stereocenters. The van der Waals surface area contributed by atoms with Crippen molar-refractivity contribution in [3.63, 3.8) is 0 Å². The Balaban J connectivity index is 2.04. The van der Waals surface area contributed by atoms with Gasteiger partial charge < -0.3 is 9.09 Å². The summed E-state index contributed by atoms with van der Waals surface area (Å²) in [5.74, 6) is 0.812. The molecule has 0 radical (unpaired) electrons. The minimum Gasteiger partial charge on any atom is -0.359 e. The predicted octanol–water partition coefficient (Wildman–Crippen LogP) is 2.55. The van der Waals surface area contributed by atoms with E-state index in [9.17, 15) is 0 Å². The lowest BCUT2D eigenvalue weighted by Crippen LogP contribution is -1.96. The van der Waals surface area contributed by atoms with Crippen LogP contribution in [0.3, 0.4) is 0 Å². The van der Waals surface area contributed by atoms with E-state index >= 15 is 0 Å². The molecule has 1 aromatic carbocycles. The highest BCUT2D eigenvalue weighted by atomic mass is 16.5. The lowest BCUT2D eigenvalue weighted by Gasteiger charge is -2.01. The molecule has 0 amide bonds. The van der Waals surface area contributed by atoms with Gasteiger partial charge in [0.15, 0.2) is 5.76 Å². The molecule has 0 fully saturated rings. The first kappa shape index (κ1) is 9.67. The zero-order valence-electron chi connectivity index (χ0n) is 9.00. The van der Waals surface area contributed by atoms with Crippen LogP contribution in [0.1, 0.15) is 11.3 Å². The van der Waals surface area contributed by atoms with E-state index in [1.807, 2.05) is 36.5 Å². The van der Waals surface area contributed by atoms with Crippen LogP contribution in [0.4, 0.5) is 0 Å². The Hall–Kier alpha value is -2.54. The number of aromatic nitrogens is 2. The number of hydrogen-bond acceptors (Lipinski definition) is 3. The number of benzene rings is 1. The molecular weight excluding hydrogens is 214 g/mol. The van der Waals surface area contributed by atoms with E-state index in [1.54, 1.807) is 6.20 Å². The third kappa shape index (κ3) is 1.68. The zero-order chi connectivity index (χ0) is 11.7. The third-order valence-electron chi connectivity index (χ3n) is 2.72. The van der Waals surface area contributed by atoms with Gasteiger partial charge in [-0.2, -0.15) is 5.26 Å². The maximum absolute atomic E-state index is 8.83. The first-order chi connectivity index (χ1) is 8.36. The topological polar surface area (TPSA) is 54.8 Å². The van der Waals surface area contributed by atoms with Crippen LogP contribution in [0.25, 0.3) is 10.9 Å². The van der Waals surface area contributed by atoms with E-state index in [2.05, 4.69) is 15.8 Å². The van der Waals surface area contributed by atoms with Crippen LogP contribution in [-0.4, -0.2) is 9.72 Å². The molecule has 3 rings (SSSR count). The fraction of sp³-hybridized carbons (Fsp3) is 0.0769. The van der Waals surface area contributed by atoms with Crippen molar-refractivity contribution < 1.29 is 4.52 Å². The highest BCUT2D eigenvalue weighted by Gasteiger charge is 2.04. The van der Waals surface area contributed by atoms with Crippen LogP contribution < -0.4 is 0 Å². The number of fused-ring (bicyclic) bond motifs is 1. The van der Waals surface area contributed by atoms with E-state index in [0.717, 1.165) is 16.7 Å². The first-order valence-corrected chi connectivity index (χ1v) is 5.25. The molecule has 0 bridgehead atoms. The van der Waals surface area contributed by atoms with Crippen molar-refractivity contribution in [1.29, 1.82) is 5.26 Å². The van der Waals surface area contributed by atoms with Crippen LogP contribution in [0.5, 0.6) is 0 Å². The molecule has 4 heteroatoms. The highest BCUT2D eigenvalue weighted by molar-refractivity contribution is 5.81. The van der Waals surface area contributed by atoms with Crippen LogP contribution in [0, 0.1) is 11.3 Å². The Morgan fingerprint density at radius 1 is 1.29 bits per heavy atom. The molecule has 0 aliphatic heterocycles. The number of rotatable bonds is 2. The molecule has 2 aromatic heterocycles. The summed E-state index contributed by atoms with van der Waals surface area (Å²) in [7, 11) is 0. The Labute approximate surface area is 97.7 Å². The smallest absolute Gasteiger partial charge is 0.156 e. The van der Waals surface area contributed by atoms with Gasteiger partial charge in [-0.05, 0) is 24.3 Å². The Morgan fingerprint density at radius 2 is 2.24 bits per heavy atom. The molecule has 82 valence electrons. The van der Waals surface area contributed by atoms with Gasteiger partial charge in [-0.1, -0.05) is 5.16 Å². The number of nitrogens with zero attached hydrogens (tertiary/aromatic N) is 3. The van der Waals surface area contributed by atoms with E-state index in [4.69, 9.17) is 9.78 Å². The van der Waals surface area contributed by atoms with E-state index in [1.165, 1.54) is 0 Å². The molecule has 0 spiro atoms. The predicted molar refractivity (Wildman–Crippen MR) is 62.3 cm³/mol. The molecule has 2 heterocycles. The van der Waals surface area contributed by atoms with Crippen LogP contribution >= 0.6 is 0 Å². The molecule has 0 N–H and O–H groups in total. The van der Waals surface area contributed by atoms with Crippen molar-refractivity contribution in [2.45, 2.75) is 6.54 Å². The largest absolute Gasteiger partial charge is 0.359 e. The second-order valence-corrected chi connectivity index (χ2v) is 3.81. The molecule has 0 aliphatic carbocycles. The Bertz CT molecular complexity index is 689. The van der Waals surface area contributed by atoms with Gasteiger partial charge in [-0.15, -0.1) is 0 Å². The maximum atomic E-state index is 8.83. The minimum atomic E-state index is 0.648. The normalized spacial score (nSPS) is 10.5. The monoisotopic (exact) mass is 223 g/mol. The fourth-order valence-electron chi connectivity index (χ4n) is 1.90. The number of hydrogen-bond donors (Lipinski definition) is 0.